The van der Waals surface area contributed by atoms with Crippen molar-refractivity contribution in [2.24, 2.45) is 0 Å². The lowest BCUT2D eigenvalue weighted by Gasteiger charge is -2.09. The predicted octanol–water partition coefficient (Wildman–Crippen LogP) is 10.2. The summed E-state index contributed by atoms with van der Waals surface area (Å²) < 4.78 is 8.74. The quantitative estimate of drug-likeness (QED) is 0.216. The van der Waals surface area contributed by atoms with Crippen LogP contribution in [0.1, 0.15) is 0 Å². The van der Waals surface area contributed by atoms with E-state index in [9.17, 15) is 0 Å². The summed E-state index contributed by atoms with van der Waals surface area (Å²) >= 11 is 3.80. The molecule has 0 saturated carbocycles. The molecule has 0 amide bonds. The molecule has 0 aliphatic rings. The smallest absolute Gasteiger partial charge is 0.145 e. The molecule has 5 aromatic carbocycles. The Hall–Kier alpha value is -4.71. The Labute approximate surface area is 237 Å². The van der Waals surface area contributed by atoms with Crippen molar-refractivity contribution >= 4 is 74.3 Å². The second kappa shape index (κ2) is 8.39. The van der Waals surface area contributed by atoms with Crippen molar-refractivity contribution in [1.82, 2.24) is 14.1 Å². The standard InChI is InChI=1S/C35H21N3S2/c1-3-11-23(12-4-1)37-29-18-10-8-16-27(29)36-34(37)22-19-20-30-26(21-22)32-33(39-30)31-25-15-7-9-17-28(25)38(35(31)40-32)24-13-5-2-6-14-24/h1-21H. The summed E-state index contributed by atoms with van der Waals surface area (Å²) in [7, 11) is 0. The van der Waals surface area contributed by atoms with E-state index in [4.69, 9.17) is 4.98 Å². The highest BCUT2D eigenvalue weighted by Crippen LogP contribution is 2.49. The van der Waals surface area contributed by atoms with E-state index >= 15 is 0 Å². The Bertz CT molecular complexity index is 2370. The highest BCUT2D eigenvalue weighted by atomic mass is 32.1. The molecule has 0 atom stereocenters. The van der Waals surface area contributed by atoms with E-state index in [1.807, 2.05) is 22.7 Å². The minimum absolute atomic E-state index is 0.967. The summed E-state index contributed by atoms with van der Waals surface area (Å²) in [6, 6.07) is 45.3. The lowest BCUT2D eigenvalue weighted by molar-refractivity contribution is 1.10. The van der Waals surface area contributed by atoms with Gasteiger partial charge in [0, 0.05) is 37.8 Å². The Balaban J connectivity index is 1.33. The average Bonchev–Trinajstić information content (AvgIpc) is 3.75. The molecule has 40 heavy (non-hydrogen) atoms. The Morgan fingerprint density at radius 3 is 2.00 bits per heavy atom. The normalized spacial score (nSPS) is 12.0. The van der Waals surface area contributed by atoms with Crippen LogP contribution in [0.3, 0.4) is 0 Å². The number of hydrogen-bond acceptors (Lipinski definition) is 3. The van der Waals surface area contributed by atoms with Gasteiger partial charge in [0.2, 0.25) is 0 Å². The molecule has 4 aromatic heterocycles. The third-order valence-corrected chi connectivity index (χ3v) is 10.3. The van der Waals surface area contributed by atoms with Gasteiger partial charge in [-0.15, -0.1) is 22.7 Å². The van der Waals surface area contributed by atoms with Crippen molar-refractivity contribution in [1.29, 1.82) is 0 Å². The van der Waals surface area contributed by atoms with Crippen molar-refractivity contribution in [2.75, 3.05) is 0 Å². The van der Waals surface area contributed by atoms with Crippen molar-refractivity contribution in [3.63, 3.8) is 0 Å². The molecule has 0 saturated heterocycles. The maximum Gasteiger partial charge on any atom is 0.145 e. The van der Waals surface area contributed by atoms with Gasteiger partial charge in [-0.1, -0.05) is 66.7 Å². The number of benzene rings is 5. The minimum atomic E-state index is 0.967. The Morgan fingerprint density at radius 2 is 1.20 bits per heavy atom. The Kier molecular flexibility index (Phi) is 4.65. The first-order valence-electron chi connectivity index (χ1n) is 13.3. The van der Waals surface area contributed by atoms with Crippen LogP contribution in [0.4, 0.5) is 0 Å². The second-order valence-electron chi connectivity index (χ2n) is 10.0. The van der Waals surface area contributed by atoms with Gasteiger partial charge in [0.05, 0.1) is 25.9 Å². The van der Waals surface area contributed by atoms with Crippen LogP contribution in [0.15, 0.2) is 127 Å². The largest absolute Gasteiger partial charge is 0.301 e. The summed E-state index contributed by atoms with van der Waals surface area (Å²) in [6.07, 6.45) is 0. The zero-order valence-corrected chi connectivity index (χ0v) is 22.9. The summed E-state index contributed by atoms with van der Waals surface area (Å²) in [5, 5.41) is 3.97. The summed E-state index contributed by atoms with van der Waals surface area (Å²) in [6.45, 7) is 0. The van der Waals surface area contributed by atoms with Gasteiger partial charge in [0.25, 0.3) is 0 Å². The number of para-hydroxylation sites is 5. The molecule has 0 spiro atoms. The third kappa shape index (κ3) is 3.07. The van der Waals surface area contributed by atoms with E-state index in [1.165, 1.54) is 46.3 Å². The molecule has 0 radical (unpaired) electrons. The SMILES string of the molecule is c1ccc(-n2c(-c3ccc4sc5c(sc6c5c5ccccc5n6-c5ccccc5)c4c3)nc3ccccc32)cc1. The summed E-state index contributed by atoms with van der Waals surface area (Å²) in [5.41, 5.74) is 6.82. The number of hydrogen-bond donors (Lipinski definition) is 0. The van der Waals surface area contributed by atoms with E-state index in [2.05, 4.69) is 137 Å². The molecule has 4 heterocycles. The number of rotatable bonds is 3. The molecule has 0 aliphatic carbocycles. The maximum absolute atomic E-state index is 5.12. The van der Waals surface area contributed by atoms with Crippen LogP contribution in [0.2, 0.25) is 0 Å². The van der Waals surface area contributed by atoms with Crippen molar-refractivity contribution in [3.05, 3.63) is 127 Å². The highest BCUT2D eigenvalue weighted by molar-refractivity contribution is 7.36. The second-order valence-corrected chi connectivity index (χ2v) is 12.1. The van der Waals surface area contributed by atoms with Gasteiger partial charge in [-0.3, -0.25) is 4.57 Å². The molecule has 188 valence electrons. The highest BCUT2D eigenvalue weighted by Gasteiger charge is 2.21. The Morgan fingerprint density at radius 1 is 0.525 bits per heavy atom. The average molecular weight is 548 g/mol. The van der Waals surface area contributed by atoms with Gasteiger partial charge >= 0.3 is 0 Å². The number of imidazole rings is 1. The van der Waals surface area contributed by atoms with Crippen LogP contribution in [0.25, 0.3) is 74.4 Å². The number of aromatic nitrogens is 3. The van der Waals surface area contributed by atoms with E-state index in [0.29, 0.717) is 0 Å². The zero-order chi connectivity index (χ0) is 26.2. The number of nitrogens with zero attached hydrogens (tertiary/aromatic N) is 3. The van der Waals surface area contributed by atoms with Gasteiger partial charge in [0.1, 0.15) is 10.7 Å². The molecular formula is C35H21N3S2. The lowest BCUT2D eigenvalue weighted by Crippen LogP contribution is -1.97. The molecule has 9 aromatic rings. The molecule has 0 unspecified atom stereocenters. The van der Waals surface area contributed by atoms with E-state index in [0.717, 1.165) is 28.1 Å². The van der Waals surface area contributed by atoms with E-state index in [-0.39, 0.29) is 0 Å². The van der Waals surface area contributed by atoms with Crippen LogP contribution in [-0.4, -0.2) is 14.1 Å². The maximum atomic E-state index is 5.12. The zero-order valence-electron chi connectivity index (χ0n) is 21.3. The number of thiophene rings is 2. The van der Waals surface area contributed by atoms with E-state index in [1.54, 1.807) is 0 Å². The minimum Gasteiger partial charge on any atom is -0.301 e. The van der Waals surface area contributed by atoms with E-state index < -0.39 is 0 Å². The molecule has 0 bridgehead atoms. The molecule has 5 heteroatoms. The predicted molar refractivity (Wildman–Crippen MR) is 172 cm³/mol. The molecule has 0 N–H and O–H groups in total. The first-order chi connectivity index (χ1) is 19.8. The fourth-order valence-corrected chi connectivity index (χ4v) is 8.79. The summed E-state index contributed by atoms with van der Waals surface area (Å²) in [5.74, 6) is 0.967. The molecule has 0 aliphatic heterocycles. The monoisotopic (exact) mass is 547 g/mol. The van der Waals surface area contributed by atoms with Crippen molar-refractivity contribution < 1.29 is 0 Å². The first kappa shape index (κ1) is 22.1. The van der Waals surface area contributed by atoms with Crippen LogP contribution in [0.5, 0.6) is 0 Å². The molecule has 9 rings (SSSR count). The van der Waals surface area contributed by atoms with Crippen LogP contribution in [-0.2, 0) is 0 Å². The molecule has 0 fully saturated rings. The third-order valence-electron chi connectivity index (χ3n) is 7.75. The fourth-order valence-electron chi connectivity index (χ4n) is 6.00. The first-order valence-corrected chi connectivity index (χ1v) is 15.0. The van der Waals surface area contributed by atoms with Gasteiger partial charge in [-0.05, 0) is 60.7 Å². The van der Waals surface area contributed by atoms with Crippen LogP contribution >= 0.6 is 22.7 Å². The van der Waals surface area contributed by atoms with Gasteiger partial charge < -0.3 is 4.57 Å². The molecular weight excluding hydrogens is 527 g/mol. The van der Waals surface area contributed by atoms with Gasteiger partial charge in [0.15, 0.2) is 0 Å². The fraction of sp³-hybridized carbons (Fsp3) is 0. The van der Waals surface area contributed by atoms with Crippen molar-refractivity contribution in [2.45, 2.75) is 0 Å². The van der Waals surface area contributed by atoms with Crippen LogP contribution in [0, 0.1) is 0 Å². The van der Waals surface area contributed by atoms with Crippen molar-refractivity contribution in [3.8, 4) is 22.8 Å². The number of fused-ring (bicyclic) bond motifs is 8. The van der Waals surface area contributed by atoms with Gasteiger partial charge in [-0.2, -0.15) is 0 Å². The lowest BCUT2D eigenvalue weighted by atomic mass is 10.1. The summed E-state index contributed by atoms with van der Waals surface area (Å²) in [4.78, 5) is 6.43. The van der Waals surface area contributed by atoms with Gasteiger partial charge in [-0.25, -0.2) is 4.98 Å². The van der Waals surface area contributed by atoms with Crippen LogP contribution < -0.4 is 0 Å². The topological polar surface area (TPSA) is 22.8 Å². The molecule has 3 nitrogen and oxygen atoms in total.